The molecule has 61 heavy (non-hydrogen) atoms. The van der Waals surface area contributed by atoms with E-state index >= 15 is 0 Å². The van der Waals surface area contributed by atoms with Crippen LogP contribution in [0.2, 0.25) is 5.02 Å². The van der Waals surface area contributed by atoms with Gasteiger partial charge in [-0.05, 0) is 67.6 Å². The van der Waals surface area contributed by atoms with Gasteiger partial charge in [0.05, 0.1) is 61.4 Å². The minimum atomic E-state index is -0.827. The summed E-state index contributed by atoms with van der Waals surface area (Å²) in [6.07, 6.45) is 1.99. The molecule has 5 aromatic rings. The number of carbonyl (C=O) groups excluding carboxylic acids is 3. The van der Waals surface area contributed by atoms with Gasteiger partial charge >= 0.3 is 0 Å². The molecule has 16 nitrogen and oxygen atoms in total. The fraction of sp³-hybridized carbons (Fsp3) is 0.349. The number of halogens is 1. The molecule has 2 aromatic heterocycles. The molecule has 0 aliphatic carbocycles. The molecular weight excluding hydrogens is 822 g/mol. The van der Waals surface area contributed by atoms with Crippen molar-refractivity contribution in [2.24, 2.45) is 10.9 Å². The van der Waals surface area contributed by atoms with E-state index in [2.05, 4.69) is 48.1 Å². The average molecular weight is 866 g/mol. The first-order valence-corrected chi connectivity index (χ1v) is 21.3. The van der Waals surface area contributed by atoms with E-state index in [-0.39, 0.29) is 42.4 Å². The van der Waals surface area contributed by atoms with Gasteiger partial charge in [0.25, 0.3) is 11.5 Å². The molecule has 0 bridgehead atoms. The predicted octanol–water partition coefficient (Wildman–Crippen LogP) is 5.79. The lowest BCUT2D eigenvalue weighted by Crippen LogP contribution is -2.45. The average Bonchev–Trinajstić information content (AvgIpc) is 3.78. The summed E-state index contributed by atoms with van der Waals surface area (Å²) in [5.41, 5.74) is 3.94. The molecule has 5 heterocycles. The molecule has 1 fully saturated rings. The Hall–Kier alpha value is -5.88. The molecule has 316 valence electrons. The van der Waals surface area contributed by atoms with Gasteiger partial charge < -0.3 is 24.8 Å². The predicted molar refractivity (Wildman–Crippen MR) is 232 cm³/mol. The van der Waals surface area contributed by atoms with Crippen LogP contribution >= 0.6 is 23.4 Å². The summed E-state index contributed by atoms with van der Waals surface area (Å²) in [5, 5.41) is 25.5. The number of piperidine rings is 1. The molecule has 1 saturated heterocycles. The third-order valence-corrected chi connectivity index (χ3v) is 12.2. The normalized spacial score (nSPS) is 19.7. The van der Waals surface area contributed by atoms with E-state index in [0.29, 0.717) is 78.3 Å². The van der Waals surface area contributed by atoms with E-state index < -0.39 is 23.6 Å². The Balaban J connectivity index is 0.777. The van der Waals surface area contributed by atoms with Crippen molar-refractivity contribution in [2.75, 3.05) is 50.2 Å². The zero-order valence-corrected chi connectivity index (χ0v) is 35.1. The Labute approximate surface area is 360 Å². The molecule has 3 N–H and O–H groups in total. The number of rotatable bonds is 16. The molecule has 3 aromatic carbocycles. The van der Waals surface area contributed by atoms with Crippen LogP contribution in [-0.2, 0) is 23.9 Å². The van der Waals surface area contributed by atoms with Crippen molar-refractivity contribution < 1.29 is 28.6 Å². The molecule has 3 aliphatic rings. The van der Waals surface area contributed by atoms with Crippen molar-refractivity contribution in [3.05, 3.63) is 116 Å². The fourth-order valence-electron chi connectivity index (χ4n) is 7.69. The number of nitrogens with one attached hydrogen (secondary N) is 3. The maximum absolute atomic E-state index is 13.6. The zero-order valence-electron chi connectivity index (χ0n) is 33.5. The van der Waals surface area contributed by atoms with Gasteiger partial charge in [0.1, 0.15) is 30.3 Å². The zero-order chi connectivity index (χ0) is 42.5. The first-order valence-electron chi connectivity index (χ1n) is 20.0. The van der Waals surface area contributed by atoms with Crippen LogP contribution < -0.4 is 26.2 Å². The Morgan fingerprint density at radius 3 is 2.56 bits per heavy atom. The van der Waals surface area contributed by atoms with Crippen LogP contribution in [0, 0.1) is 12.8 Å². The number of aromatic nitrogens is 5. The Bertz CT molecular complexity index is 2580. The van der Waals surface area contributed by atoms with Crippen LogP contribution in [0.15, 0.2) is 93.7 Å². The summed E-state index contributed by atoms with van der Waals surface area (Å²) >= 11 is 7.94. The van der Waals surface area contributed by atoms with Crippen LogP contribution in [0.3, 0.4) is 0 Å². The van der Waals surface area contributed by atoms with Crippen molar-refractivity contribution in [1.29, 1.82) is 0 Å². The molecule has 4 atom stereocenters. The highest BCUT2D eigenvalue weighted by Crippen LogP contribution is 2.49. The summed E-state index contributed by atoms with van der Waals surface area (Å²) in [5.74, 6) is 0.906. The number of anilines is 2. The van der Waals surface area contributed by atoms with Gasteiger partial charge in [0, 0.05) is 40.8 Å². The van der Waals surface area contributed by atoms with Crippen LogP contribution in [0.4, 0.5) is 11.4 Å². The van der Waals surface area contributed by atoms with Crippen LogP contribution in [0.5, 0.6) is 5.75 Å². The molecular formula is C43H44ClN9O7S. The molecule has 0 radical (unpaired) electrons. The van der Waals surface area contributed by atoms with Gasteiger partial charge in [-0.15, -0.1) is 22.0 Å². The maximum Gasteiger partial charge on any atom is 0.275 e. The highest BCUT2D eigenvalue weighted by Gasteiger charge is 2.41. The Morgan fingerprint density at radius 1 is 0.951 bits per heavy atom. The summed E-state index contributed by atoms with van der Waals surface area (Å²) in [4.78, 5) is 55.8. The monoisotopic (exact) mass is 865 g/mol. The SMILES string of the molecule is CC1=CSC2C1C(c1ccc(Cl)cc1)=N[C@@H](CC(=O)Nc1cccc(OCCOCCOCCNc3cccc4c(=O)n(C5CCC(=O)NC5=O)ncc34)c1)c1nnc(C)n12. The topological polar surface area (TPSA) is 193 Å². The van der Waals surface area contributed by atoms with E-state index in [0.717, 1.165) is 21.8 Å². The summed E-state index contributed by atoms with van der Waals surface area (Å²) in [6.45, 7) is 6.28. The van der Waals surface area contributed by atoms with Gasteiger partial charge in [-0.1, -0.05) is 41.4 Å². The number of nitrogens with zero attached hydrogens (tertiary/aromatic N) is 6. The number of hydrogen-bond acceptors (Lipinski definition) is 13. The van der Waals surface area contributed by atoms with E-state index in [1.807, 2.05) is 55.5 Å². The number of aryl methyl sites for hydroxylation is 1. The minimum Gasteiger partial charge on any atom is -0.491 e. The molecule has 3 aliphatic heterocycles. The Kier molecular flexibility index (Phi) is 12.9. The second-order valence-corrected chi connectivity index (χ2v) is 16.2. The number of amides is 3. The number of carbonyl (C=O) groups is 3. The number of imide groups is 1. The van der Waals surface area contributed by atoms with Crippen LogP contribution in [0.25, 0.3) is 10.8 Å². The lowest BCUT2D eigenvalue weighted by atomic mass is 9.91. The maximum atomic E-state index is 13.6. The molecule has 3 unspecified atom stereocenters. The van der Waals surface area contributed by atoms with Gasteiger partial charge in [0.2, 0.25) is 11.8 Å². The van der Waals surface area contributed by atoms with Crippen molar-refractivity contribution in [2.45, 2.75) is 50.6 Å². The number of aliphatic imine (C=N–C) groups is 1. The van der Waals surface area contributed by atoms with E-state index in [4.69, 9.17) is 30.8 Å². The molecule has 8 rings (SSSR count). The highest BCUT2D eigenvalue weighted by atomic mass is 35.5. The first-order chi connectivity index (χ1) is 29.6. The fourth-order valence-corrected chi connectivity index (χ4v) is 9.20. The lowest BCUT2D eigenvalue weighted by molar-refractivity contribution is -0.136. The molecule has 0 saturated carbocycles. The smallest absolute Gasteiger partial charge is 0.275 e. The van der Waals surface area contributed by atoms with E-state index in [1.165, 1.54) is 5.57 Å². The number of benzene rings is 3. The molecule has 3 amide bonds. The van der Waals surface area contributed by atoms with Crippen molar-refractivity contribution in [3.8, 4) is 5.75 Å². The quantitative estimate of drug-likeness (QED) is 0.0800. The minimum absolute atomic E-state index is 0.0111. The van der Waals surface area contributed by atoms with Crippen LogP contribution in [-0.4, -0.2) is 87.6 Å². The Morgan fingerprint density at radius 2 is 1.74 bits per heavy atom. The standard InChI is InChI=1S/C43H44ClN9O7S/c1-25-24-61-43-38(25)39(27-9-11-28(44)12-10-27)48-34(40-51-50-26(2)52(40)43)22-37(55)47-29-5-3-6-30(21-29)60-20-19-59-18-17-58-16-15-45-33-8-4-7-31-32(33)23-46-53(42(31)57)35-13-14-36(54)49-41(35)56/h3-12,21,23-24,34-35,38,43,45H,13-20,22H2,1-2H3,(H,47,55)(H,49,54,56)/t34-,35?,38?,43?/m0/s1. The van der Waals surface area contributed by atoms with Crippen molar-refractivity contribution >= 4 is 68.9 Å². The van der Waals surface area contributed by atoms with E-state index in [1.54, 1.807) is 36.2 Å². The summed E-state index contributed by atoms with van der Waals surface area (Å²) < 4.78 is 20.6. The van der Waals surface area contributed by atoms with Gasteiger partial charge in [0.15, 0.2) is 5.82 Å². The lowest BCUT2D eigenvalue weighted by Gasteiger charge is -2.23. The van der Waals surface area contributed by atoms with Crippen LogP contribution in [0.1, 0.15) is 60.9 Å². The number of hydrogen-bond donors (Lipinski definition) is 3. The second-order valence-electron chi connectivity index (χ2n) is 14.8. The third-order valence-electron chi connectivity index (χ3n) is 10.6. The molecule has 0 spiro atoms. The molecule has 18 heteroatoms. The third kappa shape index (κ3) is 9.39. The number of thioether (sulfide) groups is 1. The number of ether oxygens (including phenoxy) is 3. The van der Waals surface area contributed by atoms with Crippen molar-refractivity contribution in [1.82, 2.24) is 29.9 Å². The highest BCUT2D eigenvalue weighted by molar-refractivity contribution is 8.02. The van der Waals surface area contributed by atoms with Crippen molar-refractivity contribution in [3.63, 3.8) is 0 Å². The van der Waals surface area contributed by atoms with Gasteiger partial charge in [-0.2, -0.15) is 5.10 Å². The number of allylic oxidation sites excluding steroid dienone is 1. The summed E-state index contributed by atoms with van der Waals surface area (Å²) in [7, 11) is 0. The van der Waals surface area contributed by atoms with E-state index in [9.17, 15) is 19.2 Å². The van der Waals surface area contributed by atoms with Gasteiger partial charge in [-0.25, -0.2) is 4.68 Å². The number of fused-ring (bicyclic) bond motifs is 4. The van der Waals surface area contributed by atoms with Gasteiger partial charge in [-0.3, -0.25) is 34.1 Å². The first kappa shape index (κ1) is 41.8. The largest absolute Gasteiger partial charge is 0.491 e. The summed E-state index contributed by atoms with van der Waals surface area (Å²) in [6, 6.07) is 18.8. The second kappa shape index (κ2) is 18.8.